The van der Waals surface area contributed by atoms with Crippen LogP contribution in [0.5, 0.6) is 0 Å². The molecular formula is C34H22N6O4. The average molecular weight is 579 g/mol. The molecule has 0 saturated heterocycles. The molecule has 1 aliphatic rings. The van der Waals surface area contributed by atoms with Crippen molar-refractivity contribution in [2.45, 2.75) is 0 Å². The number of anilines is 4. The van der Waals surface area contributed by atoms with Crippen LogP contribution in [-0.2, 0) is 0 Å². The van der Waals surface area contributed by atoms with Crippen LogP contribution in [0.4, 0.5) is 22.7 Å². The fourth-order valence-electron chi connectivity index (χ4n) is 5.30. The molecule has 44 heavy (non-hydrogen) atoms. The summed E-state index contributed by atoms with van der Waals surface area (Å²) < 4.78 is 2.70. The molecule has 0 fully saturated rings. The van der Waals surface area contributed by atoms with E-state index in [1.807, 2.05) is 0 Å². The Labute approximate surface area is 251 Å². The molecule has 0 saturated carbocycles. The largest absolute Gasteiger partial charge is 0.276 e. The predicted molar refractivity (Wildman–Crippen MR) is 163 cm³/mol. The Balaban J connectivity index is 1.38. The van der Waals surface area contributed by atoms with Crippen LogP contribution in [-0.4, -0.2) is 42.7 Å². The van der Waals surface area contributed by atoms with Gasteiger partial charge in [0.25, 0.3) is 23.6 Å². The van der Waals surface area contributed by atoms with Crippen molar-refractivity contribution in [1.82, 2.24) is 19.1 Å². The number of amides is 2. The summed E-state index contributed by atoms with van der Waals surface area (Å²) in [5, 5.41) is 0. The van der Waals surface area contributed by atoms with Crippen molar-refractivity contribution in [2.24, 2.45) is 0 Å². The first-order chi connectivity index (χ1) is 21.5. The van der Waals surface area contributed by atoms with Crippen molar-refractivity contribution < 1.29 is 19.2 Å². The normalized spacial score (nSPS) is 12.7. The molecule has 1 aliphatic heterocycles. The maximum atomic E-state index is 14.6. The minimum absolute atomic E-state index is 0.249. The third-order valence-electron chi connectivity index (χ3n) is 7.38. The Kier molecular flexibility index (Phi) is 6.48. The average Bonchev–Trinajstić information content (AvgIpc) is 3.81. The lowest BCUT2D eigenvalue weighted by Gasteiger charge is -2.33. The molecular weight excluding hydrogens is 556 g/mol. The van der Waals surface area contributed by atoms with Crippen LogP contribution < -0.4 is 9.80 Å². The van der Waals surface area contributed by atoms with E-state index in [-0.39, 0.29) is 28.5 Å². The van der Waals surface area contributed by atoms with Crippen LogP contribution in [0.15, 0.2) is 135 Å². The van der Waals surface area contributed by atoms with Gasteiger partial charge in [-0.3, -0.25) is 38.1 Å². The van der Waals surface area contributed by atoms with Gasteiger partial charge in [0, 0.05) is 36.0 Å². The van der Waals surface area contributed by atoms with Crippen LogP contribution in [0.1, 0.15) is 41.4 Å². The topological polar surface area (TPSA) is 110 Å². The Bertz CT molecular complexity index is 2050. The first-order valence-corrected chi connectivity index (χ1v) is 13.6. The summed E-state index contributed by atoms with van der Waals surface area (Å²) in [6, 6.07) is 27.0. The second-order valence-electron chi connectivity index (χ2n) is 9.93. The summed E-state index contributed by atoms with van der Waals surface area (Å²) in [4.78, 5) is 66.2. The fraction of sp³-hybridized carbons (Fsp3) is 0. The van der Waals surface area contributed by atoms with Crippen molar-refractivity contribution in [3.63, 3.8) is 0 Å². The van der Waals surface area contributed by atoms with E-state index in [0.29, 0.717) is 28.3 Å². The first kappa shape index (κ1) is 26.5. The van der Waals surface area contributed by atoms with Crippen molar-refractivity contribution >= 4 is 46.4 Å². The number of imidazole rings is 2. The minimum Gasteiger partial charge on any atom is -0.276 e. The molecule has 3 heterocycles. The molecule has 0 atom stereocenters. The van der Waals surface area contributed by atoms with E-state index in [2.05, 4.69) is 9.97 Å². The van der Waals surface area contributed by atoms with E-state index in [0.717, 1.165) is 0 Å². The van der Waals surface area contributed by atoms with E-state index in [1.165, 1.54) is 50.2 Å². The van der Waals surface area contributed by atoms with Gasteiger partial charge in [-0.2, -0.15) is 0 Å². The standard InChI is InChI=1S/C34H22N6O4/c41-31(37-19-17-35-21-37)23-13-15-24(16-14-23)39-28-10-4-2-8-26(28)34(44)40(30-12-6-3-9-27(30)33(39)43)29-11-5-1-7-25(29)32(42)38-20-18-36-22-38/h1-22H. The van der Waals surface area contributed by atoms with Gasteiger partial charge in [0.15, 0.2) is 0 Å². The molecule has 4 aromatic carbocycles. The zero-order valence-corrected chi connectivity index (χ0v) is 23.0. The summed E-state index contributed by atoms with van der Waals surface area (Å²) in [6.07, 6.45) is 8.93. The Morgan fingerprint density at radius 1 is 0.523 bits per heavy atom. The lowest BCUT2D eigenvalue weighted by Crippen LogP contribution is -2.37. The second-order valence-corrected chi connectivity index (χ2v) is 9.93. The molecule has 6 aromatic rings. The SMILES string of the molecule is O=C1c2ccccc2N(c2ccccc2C(=O)n2ccnc2)C(=O)c2ccccc2N1c1ccc(C(=O)n2ccnc2)cc1. The van der Waals surface area contributed by atoms with E-state index >= 15 is 0 Å². The molecule has 10 nitrogen and oxygen atoms in total. The van der Waals surface area contributed by atoms with Gasteiger partial charge in [0.05, 0.1) is 33.8 Å². The number of carbonyl (C=O) groups excluding carboxylic acids is 4. The number of hydrogen-bond donors (Lipinski definition) is 0. The van der Waals surface area contributed by atoms with Crippen molar-refractivity contribution in [2.75, 3.05) is 9.80 Å². The zero-order valence-electron chi connectivity index (χ0n) is 23.0. The number of nitrogens with zero attached hydrogens (tertiary/aromatic N) is 6. The summed E-state index contributed by atoms with van der Waals surface area (Å²) in [6.45, 7) is 0. The molecule has 2 aromatic heterocycles. The van der Waals surface area contributed by atoms with Gasteiger partial charge in [-0.1, -0.05) is 36.4 Å². The van der Waals surface area contributed by atoms with Crippen molar-refractivity contribution in [1.29, 1.82) is 0 Å². The number of rotatable bonds is 4. The van der Waals surface area contributed by atoms with Crippen LogP contribution in [0.25, 0.3) is 0 Å². The van der Waals surface area contributed by atoms with Gasteiger partial charge >= 0.3 is 0 Å². The Hall–Kier alpha value is -6.42. The number of carbonyl (C=O) groups is 4. The van der Waals surface area contributed by atoms with E-state index in [9.17, 15) is 19.2 Å². The number of aromatic nitrogens is 4. The molecule has 212 valence electrons. The maximum absolute atomic E-state index is 14.6. The highest BCUT2D eigenvalue weighted by Crippen LogP contribution is 2.41. The van der Waals surface area contributed by atoms with E-state index < -0.39 is 11.8 Å². The van der Waals surface area contributed by atoms with Crippen LogP contribution >= 0.6 is 0 Å². The first-order valence-electron chi connectivity index (χ1n) is 13.6. The molecule has 0 N–H and O–H groups in total. The Morgan fingerprint density at radius 2 is 1.02 bits per heavy atom. The lowest BCUT2D eigenvalue weighted by atomic mass is 10.00. The van der Waals surface area contributed by atoms with Crippen LogP contribution in [0, 0.1) is 0 Å². The molecule has 0 radical (unpaired) electrons. The van der Waals surface area contributed by atoms with Gasteiger partial charge in [0.1, 0.15) is 12.7 Å². The van der Waals surface area contributed by atoms with E-state index in [1.54, 1.807) is 103 Å². The quantitative estimate of drug-likeness (QED) is 0.264. The van der Waals surface area contributed by atoms with Gasteiger partial charge in [-0.05, 0) is 60.7 Å². The van der Waals surface area contributed by atoms with Crippen LogP contribution in [0.2, 0.25) is 0 Å². The smallest absolute Gasteiger partial charge is 0.265 e. The molecule has 10 heteroatoms. The van der Waals surface area contributed by atoms with Gasteiger partial charge in [-0.25, -0.2) is 9.97 Å². The molecule has 0 unspecified atom stereocenters. The molecule has 2 amide bonds. The number of para-hydroxylation sites is 3. The molecule has 0 bridgehead atoms. The summed E-state index contributed by atoms with van der Waals surface area (Å²) in [5.41, 5.74) is 2.63. The summed E-state index contributed by atoms with van der Waals surface area (Å²) in [7, 11) is 0. The molecule has 0 aliphatic carbocycles. The van der Waals surface area contributed by atoms with Crippen molar-refractivity contribution in [3.8, 4) is 0 Å². The monoisotopic (exact) mass is 578 g/mol. The predicted octanol–water partition coefficient (Wildman–Crippen LogP) is 5.73. The van der Waals surface area contributed by atoms with Gasteiger partial charge in [0.2, 0.25) is 0 Å². The van der Waals surface area contributed by atoms with Crippen LogP contribution in [0.3, 0.4) is 0 Å². The third kappa shape index (κ3) is 4.38. The number of hydrogen-bond acceptors (Lipinski definition) is 6. The highest BCUT2D eigenvalue weighted by atomic mass is 16.2. The minimum atomic E-state index is -0.427. The molecule has 0 spiro atoms. The highest BCUT2D eigenvalue weighted by Gasteiger charge is 2.35. The summed E-state index contributed by atoms with van der Waals surface area (Å²) >= 11 is 0. The fourth-order valence-corrected chi connectivity index (χ4v) is 5.30. The third-order valence-corrected chi connectivity index (χ3v) is 7.38. The van der Waals surface area contributed by atoms with Crippen molar-refractivity contribution in [3.05, 3.63) is 157 Å². The number of fused-ring (bicyclic) bond motifs is 2. The van der Waals surface area contributed by atoms with Gasteiger partial charge < -0.3 is 0 Å². The molecule has 7 rings (SSSR count). The summed E-state index contributed by atoms with van der Waals surface area (Å²) in [5.74, 6) is -1.47. The van der Waals surface area contributed by atoms with E-state index in [4.69, 9.17) is 0 Å². The number of benzene rings is 4. The van der Waals surface area contributed by atoms with Gasteiger partial charge in [-0.15, -0.1) is 0 Å². The zero-order chi connectivity index (χ0) is 30.2. The lowest BCUT2D eigenvalue weighted by molar-refractivity contribution is 0.0951. The Morgan fingerprint density at radius 3 is 1.61 bits per heavy atom. The maximum Gasteiger partial charge on any atom is 0.265 e. The highest BCUT2D eigenvalue weighted by molar-refractivity contribution is 6.25. The second kappa shape index (κ2) is 10.8.